The summed E-state index contributed by atoms with van der Waals surface area (Å²) in [6, 6.07) is 6.61. The minimum Gasteiger partial charge on any atom is -0.0579 e. The Kier molecular flexibility index (Phi) is 2.22. The van der Waals surface area contributed by atoms with E-state index in [2.05, 4.69) is 41.1 Å². The van der Waals surface area contributed by atoms with Gasteiger partial charge in [0.2, 0.25) is 0 Å². The maximum absolute atomic E-state index is 3.52. The zero-order valence-electron chi connectivity index (χ0n) is 7.31. The minimum absolute atomic E-state index is 0.850. The van der Waals surface area contributed by atoms with Crippen LogP contribution in [0.1, 0.15) is 36.3 Å². The van der Waals surface area contributed by atoms with Crippen LogP contribution in [0.5, 0.6) is 0 Å². The van der Waals surface area contributed by atoms with Gasteiger partial charge in [-0.05, 0) is 48.9 Å². The molecule has 1 aliphatic rings. The maximum atomic E-state index is 3.52. The number of hydrogen-bond acceptors (Lipinski definition) is 0. The molecule has 1 fully saturated rings. The van der Waals surface area contributed by atoms with E-state index in [1.165, 1.54) is 29.3 Å². The van der Waals surface area contributed by atoms with Gasteiger partial charge in [0.1, 0.15) is 0 Å². The smallest absolute Gasteiger partial charge is 0.0178 e. The van der Waals surface area contributed by atoms with Gasteiger partial charge in [-0.25, -0.2) is 0 Å². The van der Waals surface area contributed by atoms with Crippen LogP contribution in [0.2, 0.25) is 0 Å². The standard InChI is InChI=1S/C11H13Br/c1-8-5-6-10(12)7-11(8)9-3-2-4-9/h5-7,9H,2-4H2,1H3. The lowest BCUT2D eigenvalue weighted by atomic mass is 9.78. The maximum Gasteiger partial charge on any atom is 0.0178 e. The van der Waals surface area contributed by atoms with Crippen LogP contribution in [-0.2, 0) is 0 Å². The second-order valence-corrected chi connectivity index (χ2v) is 4.54. The Bertz CT molecular complexity index is 287. The van der Waals surface area contributed by atoms with Crippen molar-refractivity contribution in [2.45, 2.75) is 32.1 Å². The summed E-state index contributed by atoms with van der Waals surface area (Å²) in [6.45, 7) is 2.21. The van der Waals surface area contributed by atoms with Gasteiger partial charge in [-0.15, -0.1) is 0 Å². The largest absolute Gasteiger partial charge is 0.0579 e. The Morgan fingerprint density at radius 3 is 2.67 bits per heavy atom. The van der Waals surface area contributed by atoms with Crippen LogP contribution in [-0.4, -0.2) is 0 Å². The molecule has 1 aromatic carbocycles. The van der Waals surface area contributed by atoms with E-state index in [1.807, 2.05) is 0 Å². The van der Waals surface area contributed by atoms with Crippen molar-refractivity contribution >= 4 is 15.9 Å². The third-order valence-corrected chi connectivity index (χ3v) is 3.28. The molecule has 1 heteroatoms. The topological polar surface area (TPSA) is 0 Å². The molecule has 0 unspecified atom stereocenters. The van der Waals surface area contributed by atoms with Crippen LogP contribution >= 0.6 is 15.9 Å². The average molecular weight is 225 g/mol. The van der Waals surface area contributed by atoms with Crippen molar-refractivity contribution in [2.24, 2.45) is 0 Å². The fourth-order valence-electron chi connectivity index (χ4n) is 1.77. The molecular formula is C11H13Br. The molecule has 1 saturated carbocycles. The minimum atomic E-state index is 0.850. The van der Waals surface area contributed by atoms with E-state index in [4.69, 9.17) is 0 Å². The van der Waals surface area contributed by atoms with E-state index in [-0.39, 0.29) is 0 Å². The van der Waals surface area contributed by atoms with Crippen LogP contribution in [0.4, 0.5) is 0 Å². The third-order valence-electron chi connectivity index (χ3n) is 2.79. The first kappa shape index (κ1) is 8.31. The summed E-state index contributed by atoms with van der Waals surface area (Å²) in [5.41, 5.74) is 3.00. The van der Waals surface area contributed by atoms with E-state index < -0.39 is 0 Å². The van der Waals surface area contributed by atoms with Gasteiger partial charge in [0, 0.05) is 4.47 Å². The van der Waals surface area contributed by atoms with Gasteiger partial charge >= 0.3 is 0 Å². The molecule has 0 nitrogen and oxygen atoms in total. The van der Waals surface area contributed by atoms with Crippen LogP contribution in [0.25, 0.3) is 0 Å². The molecule has 0 N–H and O–H groups in total. The SMILES string of the molecule is Cc1ccc(Br)cc1C1CCC1. The lowest BCUT2D eigenvalue weighted by Crippen LogP contribution is -2.09. The number of halogens is 1. The first-order valence-electron chi connectivity index (χ1n) is 4.53. The van der Waals surface area contributed by atoms with Crippen molar-refractivity contribution in [1.82, 2.24) is 0 Å². The van der Waals surface area contributed by atoms with Crippen molar-refractivity contribution in [2.75, 3.05) is 0 Å². The summed E-state index contributed by atoms with van der Waals surface area (Å²) in [5.74, 6) is 0.850. The van der Waals surface area contributed by atoms with Gasteiger partial charge in [0.15, 0.2) is 0 Å². The predicted molar refractivity (Wildman–Crippen MR) is 55.5 cm³/mol. The molecule has 0 saturated heterocycles. The summed E-state index contributed by atoms with van der Waals surface area (Å²) < 4.78 is 1.22. The third kappa shape index (κ3) is 1.42. The van der Waals surface area contributed by atoms with Gasteiger partial charge in [-0.1, -0.05) is 28.4 Å². The highest BCUT2D eigenvalue weighted by Gasteiger charge is 2.20. The Morgan fingerprint density at radius 1 is 1.33 bits per heavy atom. The van der Waals surface area contributed by atoms with Crippen LogP contribution < -0.4 is 0 Å². The van der Waals surface area contributed by atoms with Gasteiger partial charge in [-0.3, -0.25) is 0 Å². The number of rotatable bonds is 1. The molecular weight excluding hydrogens is 212 g/mol. The molecule has 64 valence electrons. The quantitative estimate of drug-likeness (QED) is 0.676. The van der Waals surface area contributed by atoms with Crippen molar-refractivity contribution in [3.8, 4) is 0 Å². The van der Waals surface area contributed by atoms with Gasteiger partial charge in [-0.2, -0.15) is 0 Å². The molecule has 0 spiro atoms. The lowest BCUT2D eigenvalue weighted by molar-refractivity contribution is 0.418. The van der Waals surface area contributed by atoms with Gasteiger partial charge in [0.05, 0.1) is 0 Å². The van der Waals surface area contributed by atoms with E-state index in [0.29, 0.717) is 0 Å². The molecule has 0 radical (unpaired) electrons. The normalized spacial score (nSPS) is 17.5. The fraction of sp³-hybridized carbons (Fsp3) is 0.455. The highest BCUT2D eigenvalue weighted by Crippen LogP contribution is 2.38. The molecule has 1 aromatic rings. The van der Waals surface area contributed by atoms with E-state index in [1.54, 1.807) is 5.56 Å². The molecule has 0 aliphatic heterocycles. The van der Waals surface area contributed by atoms with Crippen molar-refractivity contribution in [3.05, 3.63) is 33.8 Å². The number of aryl methyl sites for hydroxylation is 1. The first-order chi connectivity index (χ1) is 5.77. The fourth-order valence-corrected chi connectivity index (χ4v) is 2.15. The highest BCUT2D eigenvalue weighted by molar-refractivity contribution is 9.10. The Morgan fingerprint density at radius 2 is 2.08 bits per heavy atom. The molecule has 0 amide bonds. The molecule has 1 aliphatic carbocycles. The zero-order chi connectivity index (χ0) is 8.55. The molecule has 12 heavy (non-hydrogen) atoms. The average Bonchev–Trinajstić information content (AvgIpc) is 1.93. The molecule has 0 aromatic heterocycles. The Hall–Kier alpha value is -0.300. The van der Waals surface area contributed by atoms with Crippen LogP contribution in [0.3, 0.4) is 0 Å². The second-order valence-electron chi connectivity index (χ2n) is 3.63. The number of hydrogen-bond donors (Lipinski definition) is 0. The molecule has 0 bridgehead atoms. The first-order valence-corrected chi connectivity index (χ1v) is 5.33. The zero-order valence-corrected chi connectivity index (χ0v) is 8.89. The van der Waals surface area contributed by atoms with E-state index in [9.17, 15) is 0 Å². The summed E-state index contributed by atoms with van der Waals surface area (Å²) in [5, 5.41) is 0. The molecule has 0 atom stereocenters. The molecule has 2 rings (SSSR count). The number of benzene rings is 1. The Balaban J connectivity index is 2.34. The van der Waals surface area contributed by atoms with Crippen molar-refractivity contribution in [1.29, 1.82) is 0 Å². The van der Waals surface area contributed by atoms with Gasteiger partial charge in [0.25, 0.3) is 0 Å². The second kappa shape index (κ2) is 3.21. The van der Waals surface area contributed by atoms with Crippen molar-refractivity contribution < 1.29 is 0 Å². The van der Waals surface area contributed by atoms with E-state index >= 15 is 0 Å². The van der Waals surface area contributed by atoms with Crippen LogP contribution in [0.15, 0.2) is 22.7 Å². The van der Waals surface area contributed by atoms with Gasteiger partial charge < -0.3 is 0 Å². The molecule has 0 heterocycles. The Labute approximate surface area is 82.1 Å². The van der Waals surface area contributed by atoms with Crippen molar-refractivity contribution in [3.63, 3.8) is 0 Å². The van der Waals surface area contributed by atoms with Crippen LogP contribution in [0, 0.1) is 6.92 Å². The monoisotopic (exact) mass is 224 g/mol. The summed E-state index contributed by atoms with van der Waals surface area (Å²) in [4.78, 5) is 0. The summed E-state index contributed by atoms with van der Waals surface area (Å²) in [6.07, 6.45) is 4.19. The summed E-state index contributed by atoms with van der Waals surface area (Å²) >= 11 is 3.52. The highest BCUT2D eigenvalue weighted by atomic mass is 79.9. The lowest BCUT2D eigenvalue weighted by Gasteiger charge is -2.27. The predicted octanol–water partition coefficient (Wildman–Crippen LogP) is 4.03. The summed E-state index contributed by atoms with van der Waals surface area (Å²) in [7, 11) is 0. The van der Waals surface area contributed by atoms with E-state index in [0.717, 1.165) is 5.92 Å².